The van der Waals surface area contributed by atoms with Gasteiger partial charge in [-0.05, 0) is 18.9 Å². The Balaban J connectivity index is 3.47. The van der Waals surface area contributed by atoms with Crippen LogP contribution in [-0.4, -0.2) is 5.78 Å². The van der Waals surface area contributed by atoms with Gasteiger partial charge in [0.2, 0.25) is 0 Å². The highest BCUT2D eigenvalue weighted by Gasteiger charge is 1.88. The van der Waals surface area contributed by atoms with Gasteiger partial charge in [0.15, 0.2) is 5.78 Å². The van der Waals surface area contributed by atoms with Crippen molar-refractivity contribution in [2.75, 3.05) is 0 Å². The summed E-state index contributed by atoms with van der Waals surface area (Å²) in [5.74, 6) is 0.115. The van der Waals surface area contributed by atoms with Gasteiger partial charge in [-0.15, -0.1) is 13.2 Å². The van der Waals surface area contributed by atoms with E-state index >= 15 is 0 Å². The highest BCUT2D eigenvalue weighted by molar-refractivity contribution is 5.90. The Morgan fingerprint density at radius 1 is 1.18 bits per heavy atom. The van der Waals surface area contributed by atoms with Crippen LogP contribution in [-0.2, 0) is 4.79 Å². The molecular formula is C10H14O. The molecule has 0 atom stereocenters. The quantitative estimate of drug-likeness (QED) is 0.323. The monoisotopic (exact) mass is 150 g/mol. The summed E-state index contributed by atoms with van der Waals surface area (Å²) in [4.78, 5) is 10.8. The molecular weight excluding hydrogens is 136 g/mol. The van der Waals surface area contributed by atoms with Crippen molar-refractivity contribution in [3.05, 3.63) is 37.5 Å². The number of hydrogen-bond acceptors (Lipinski definition) is 1. The summed E-state index contributed by atoms with van der Waals surface area (Å²) in [6.45, 7) is 7.05. The van der Waals surface area contributed by atoms with Crippen LogP contribution < -0.4 is 0 Å². The second-order valence-corrected chi connectivity index (χ2v) is 2.23. The lowest BCUT2D eigenvalue weighted by Gasteiger charge is -1.86. The minimum Gasteiger partial charge on any atom is -0.295 e. The Morgan fingerprint density at radius 2 is 1.91 bits per heavy atom. The zero-order valence-electron chi connectivity index (χ0n) is 6.75. The molecule has 11 heavy (non-hydrogen) atoms. The normalized spacial score (nSPS) is 9.82. The molecule has 0 saturated carbocycles. The third-order valence-electron chi connectivity index (χ3n) is 1.19. The van der Waals surface area contributed by atoms with E-state index in [1.165, 1.54) is 0 Å². The number of unbranched alkanes of at least 4 members (excludes halogenated alkanes) is 1. The van der Waals surface area contributed by atoms with Crippen LogP contribution in [0.3, 0.4) is 0 Å². The molecule has 0 fully saturated rings. The Morgan fingerprint density at radius 3 is 2.45 bits per heavy atom. The Kier molecular flexibility index (Phi) is 6.30. The first kappa shape index (κ1) is 9.89. The molecule has 1 nitrogen and oxygen atoms in total. The first-order chi connectivity index (χ1) is 5.31. The fourth-order valence-corrected chi connectivity index (χ4v) is 0.639. The molecule has 0 saturated heterocycles. The molecule has 0 N–H and O–H groups in total. The van der Waals surface area contributed by atoms with Crippen LogP contribution in [0.4, 0.5) is 0 Å². The van der Waals surface area contributed by atoms with E-state index in [-0.39, 0.29) is 5.78 Å². The second-order valence-electron chi connectivity index (χ2n) is 2.23. The maximum absolute atomic E-state index is 10.8. The molecule has 0 heterocycles. The molecule has 0 aromatic heterocycles. The zero-order chi connectivity index (χ0) is 8.53. The highest BCUT2D eigenvalue weighted by Crippen LogP contribution is 1.93. The van der Waals surface area contributed by atoms with Crippen molar-refractivity contribution in [1.29, 1.82) is 0 Å². The number of ketones is 1. The predicted octanol–water partition coefficient (Wildman–Crippen LogP) is 2.65. The summed E-state index contributed by atoms with van der Waals surface area (Å²) in [6.07, 6.45) is 9.18. The summed E-state index contributed by atoms with van der Waals surface area (Å²) >= 11 is 0. The van der Waals surface area contributed by atoms with Gasteiger partial charge in [-0.1, -0.05) is 18.2 Å². The summed E-state index contributed by atoms with van der Waals surface area (Å²) in [7, 11) is 0. The lowest BCUT2D eigenvalue weighted by Crippen LogP contribution is -1.87. The fraction of sp³-hybridized carbons (Fsp3) is 0.300. The molecule has 0 spiro atoms. The van der Waals surface area contributed by atoms with Crippen molar-refractivity contribution in [2.24, 2.45) is 0 Å². The maximum Gasteiger partial charge on any atom is 0.159 e. The largest absolute Gasteiger partial charge is 0.295 e. The molecule has 0 bridgehead atoms. The van der Waals surface area contributed by atoms with Crippen molar-refractivity contribution in [3.63, 3.8) is 0 Å². The van der Waals surface area contributed by atoms with Gasteiger partial charge in [-0.25, -0.2) is 0 Å². The molecule has 0 radical (unpaired) electrons. The van der Waals surface area contributed by atoms with E-state index in [4.69, 9.17) is 0 Å². The van der Waals surface area contributed by atoms with Crippen LogP contribution in [0.25, 0.3) is 0 Å². The Bertz CT molecular complexity index is 166. The van der Waals surface area contributed by atoms with Gasteiger partial charge in [0, 0.05) is 6.42 Å². The third kappa shape index (κ3) is 6.78. The van der Waals surface area contributed by atoms with Gasteiger partial charge < -0.3 is 0 Å². The molecule has 1 heteroatoms. The molecule has 0 aliphatic carbocycles. The van der Waals surface area contributed by atoms with Crippen molar-refractivity contribution in [1.82, 2.24) is 0 Å². The van der Waals surface area contributed by atoms with Gasteiger partial charge in [0.1, 0.15) is 0 Å². The van der Waals surface area contributed by atoms with Gasteiger partial charge >= 0.3 is 0 Å². The van der Waals surface area contributed by atoms with Crippen LogP contribution in [0.2, 0.25) is 0 Å². The zero-order valence-corrected chi connectivity index (χ0v) is 6.75. The average Bonchev–Trinajstić information content (AvgIpc) is 1.99. The SMILES string of the molecule is C=CCCC=CC(=O)CC=C. The van der Waals surface area contributed by atoms with Crippen molar-refractivity contribution < 1.29 is 4.79 Å². The van der Waals surface area contributed by atoms with Crippen LogP contribution in [0.1, 0.15) is 19.3 Å². The molecule has 60 valence electrons. The second kappa shape index (κ2) is 7.00. The van der Waals surface area contributed by atoms with Gasteiger partial charge in [-0.2, -0.15) is 0 Å². The summed E-state index contributed by atoms with van der Waals surface area (Å²) in [6, 6.07) is 0. The van der Waals surface area contributed by atoms with E-state index in [0.717, 1.165) is 12.8 Å². The van der Waals surface area contributed by atoms with E-state index in [1.807, 2.05) is 12.2 Å². The van der Waals surface area contributed by atoms with Gasteiger partial charge in [0.05, 0.1) is 0 Å². The van der Waals surface area contributed by atoms with Crippen LogP contribution >= 0.6 is 0 Å². The van der Waals surface area contributed by atoms with Crippen LogP contribution in [0.15, 0.2) is 37.5 Å². The molecule has 0 aliphatic rings. The number of hydrogen-bond donors (Lipinski definition) is 0. The van der Waals surface area contributed by atoms with E-state index in [2.05, 4.69) is 13.2 Å². The van der Waals surface area contributed by atoms with E-state index in [9.17, 15) is 4.79 Å². The van der Waals surface area contributed by atoms with Gasteiger partial charge in [-0.3, -0.25) is 4.79 Å². The minimum atomic E-state index is 0.115. The van der Waals surface area contributed by atoms with Crippen molar-refractivity contribution in [3.8, 4) is 0 Å². The highest BCUT2D eigenvalue weighted by atomic mass is 16.1. The number of rotatable bonds is 6. The number of allylic oxidation sites excluding steroid dienone is 4. The van der Waals surface area contributed by atoms with E-state index in [0.29, 0.717) is 6.42 Å². The predicted molar refractivity (Wildman–Crippen MR) is 48.4 cm³/mol. The van der Waals surface area contributed by atoms with Crippen molar-refractivity contribution >= 4 is 5.78 Å². The fourth-order valence-electron chi connectivity index (χ4n) is 0.639. The van der Waals surface area contributed by atoms with Crippen LogP contribution in [0.5, 0.6) is 0 Å². The Labute approximate surface area is 68.1 Å². The smallest absolute Gasteiger partial charge is 0.159 e. The molecule has 0 aromatic rings. The lowest BCUT2D eigenvalue weighted by atomic mass is 10.2. The maximum atomic E-state index is 10.8. The first-order valence-corrected chi connectivity index (χ1v) is 3.72. The summed E-state index contributed by atoms with van der Waals surface area (Å²) < 4.78 is 0. The molecule has 0 aliphatic heterocycles. The lowest BCUT2D eigenvalue weighted by molar-refractivity contribution is -0.113. The molecule has 0 rings (SSSR count). The third-order valence-corrected chi connectivity index (χ3v) is 1.19. The number of carbonyl (C=O) groups is 1. The molecule has 0 unspecified atom stereocenters. The molecule has 0 aromatic carbocycles. The van der Waals surface area contributed by atoms with E-state index in [1.54, 1.807) is 12.2 Å². The molecule has 0 amide bonds. The standard InChI is InChI=1S/C10H14O/c1-3-5-6-7-9-10(11)8-4-2/h3-4,7,9H,1-2,5-6,8H2. The summed E-state index contributed by atoms with van der Waals surface area (Å²) in [5, 5.41) is 0. The topological polar surface area (TPSA) is 17.1 Å². The first-order valence-electron chi connectivity index (χ1n) is 3.72. The average molecular weight is 150 g/mol. The van der Waals surface area contributed by atoms with Crippen molar-refractivity contribution in [2.45, 2.75) is 19.3 Å². The van der Waals surface area contributed by atoms with E-state index < -0.39 is 0 Å². The Hall–Kier alpha value is -1.11. The number of carbonyl (C=O) groups excluding carboxylic acids is 1. The van der Waals surface area contributed by atoms with Gasteiger partial charge in [0.25, 0.3) is 0 Å². The summed E-state index contributed by atoms with van der Waals surface area (Å²) in [5.41, 5.74) is 0. The minimum absolute atomic E-state index is 0.115. The van der Waals surface area contributed by atoms with Crippen LogP contribution in [0, 0.1) is 0 Å².